The molecule has 0 aromatic rings. The molecule has 0 aromatic carbocycles. The Hall–Kier alpha value is -0.130. The van der Waals surface area contributed by atoms with Crippen LogP contribution >= 0.6 is 0 Å². The maximum Gasteiger partial charge on any atom is 0.213 e. The Kier molecular flexibility index (Phi) is 8.00. The summed E-state index contributed by atoms with van der Waals surface area (Å²) in [6.07, 6.45) is 4.18. The summed E-state index contributed by atoms with van der Waals surface area (Å²) in [5, 5.41) is 8.57. The third kappa shape index (κ3) is 6.87. The maximum absolute atomic E-state index is 11.6. The molecule has 0 aromatic heterocycles. The lowest BCUT2D eigenvalue weighted by Gasteiger charge is -2.16. The number of unbranched alkanes of at least 4 members (excludes halogenated alkanes) is 3. The molecule has 0 rings (SSSR count). The molecule has 0 amide bonds. The summed E-state index contributed by atoms with van der Waals surface area (Å²) in [5.74, 6) is 0.149. The first kappa shape index (κ1) is 14.9. The number of sulfonamides is 1. The average molecular weight is 237 g/mol. The largest absolute Gasteiger partial charge is 0.396 e. The van der Waals surface area contributed by atoms with E-state index in [1.807, 2.05) is 0 Å². The predicted molar refractivity (Wildman–Crippen MR) is 62.3 cm³/mol. The van der Waals surface area contributed by atoms with E-state index < -0.39 is 10.0 Å². The SMILES string of the molecule is CCCCCN(C)S(=O)(=O)CCCCO. The highest BCUT2D eigenvalue weighted by Gasteiger charge is 2.16. The van der Waals surface area contributed by atoms with Crippen LogP contribution in [0.3, 0.4) is 0 Å². The van der Waals surface area contributed by atoms with E-state index >= 15 is 0 Å². The molecule has 0 heterocycles. The van der Waals surface area contributed by atoms with E-state index in [-0.39, 0.29) is 12.4 Å². The van der Waals surface area contributed by atoms with E-state index in [1.54, 1.807) is 7.05 Å². The van der Waals surface area contributed by atoms with Gasteiger partial charge in [0.05, 0.1) is 5.75 Å². The Morgan fingerprint density at radius 3 is 2.33 bits per heavy atom. The third-order valence-electron chi connectivity index (χ3n) is 2.36. The maximum atomic E-state index is 11.6. The van der Waals surface area contributed by atoms with Crippen LogP contribution < -0.4 is 0 Å². The molecule has 0 atom stereocenters. The van der Waals surface area contributed by atoms with Gasteiger partial charge in [-0.25, -0.2) is 12.7 Å². The molecule has 0 aliphatic rings. The Balaban J connectivity index is 3.86. The Labute approximate surface area is 93.3 Å². The van der Waals surface area contributed by atoms with Gasteiger partial charge in [0.15, 0.2) is 0 Å². The molecule has 0 saturated heterocycles. The standard InChI is InChI=1S/C10H23NO3S/c1-3-4-5-8-11(2)15(13,14)10-7-6-9-12/h12H,3-10H2,1-2H3. The second-order valence-corrected chi connectivity index (χ2v) is 5.97. The van der Waals surface area contributed by atoms with Gasteiger partial charge in [0.1, 0.15) is 0 Å². The van der Waals surface area contributed by atoms with Crippen molar-refractivity contribution in [3.8, 4) is 0 Å². The van der Waals surface area contributed by atoms with Gasteiger partial charge >= 0.3 is 0 Å². The van der Waals surface area contributed by atoms with Crippen LogP contribution in [-0.4, -0.2) is 43.8 Å². The summed E-state index contributed by atoms with van der Waals surface area (Å²) in [4.78, 5) is 0. The summed E-state index contributed by atoms with van der Waals surface area (Å²) >= 11 is 0. The average Bonchev–Trinajstić information content (AvgIpc) is 2.18. The van der Waals surface area contributed by atoms with Crippen molar-refractivity contribution >= 4 is 10.0 Å². The van der Waals surface area contributed by atoms with Gasteiger partial charge in [-0.1, -0.05) is 19.8 Å². The Morgan fingerprint density at radius 1 is 1.13 bits per heavy atom. The van der Waals surface area contributed by atoms with Gasteiger partial charge < -0.3 is 5.11 Å². The fourth-order valence-corrected chi connectivity index (χ4v) is 2.56. The third-order valence-corrected chi connectivity index (χ3v) is 4.30. The number of hydrogen-bond acceptors (Lipinski definition) is 3. The number of nitrogens with zero attached hydrogens (tertiary/aromatic N) is 1. The molecule has 1 N–H and O–H groups in total. The van der Waals surface area contributed by atoms with Crippen molar-refractivity contribution in [2.24, 2.45) is 0 Å². The smallest absolute Gasteiger partial charge is 0.213 e. The van der Waals surface area contributed by atoms with Gasteiger partial charge in [0.2, 0.25) is 10.0 Å². The number of rotatable bonds is 9. The van der Waals surface area contributed by atoms with E-state index in [2.05, 4.69) is 6.92 Å². The molecule has 0 bridgehead atoms. The molecule has 0 spiro atoms. The van der Waals surface area contributed by atoms with E-state index in [0.29, 0.717) is 19.4 Å². The van der Waals surface area contributed by atoms with E-state index in [1.165, 1.54) is 4.31 Å². The zero-order valence-corrected chi connectivity index (χ0v) is 10.6. The quantitative estimate of drug-likeness (QED) is 0.613. The minimum Gasteiger partial charge on any atom is -0.396 e. The van der Waals surface area contributed by atoms with Gasteiger partial charge in [0.25, 0.3) is 0 Å². The van der Waals surface area contributed by atoms with Crippen LogP contribution in [0.2, 0.25) is 0 Å². The Bertz CT molecular complexity index is 239. The zero-order chi connectivity index (χ0) is 11.7. The van der Waals surface area contributed by atoms with Crippen LogP contribution in [-0.2, 0) is 10.0 Å². The van der Waals surface area contributed by atoms with Gasteiger partial charge in [0, 0.05) is 20.2 Å². The molecule has 0 unspecified atom stereocenters. The van der Waals surface area contributed by atoms with Gasteiger partial charge in [-0.05, 0) is 19.3 Å². The molecule has 4 nitrogen and oxygen atoms in total. The molecule has 0 radical (unpaired) electrons. The van der Waals surface area contributed by atoms with E-state index in [9.17, 15) is 8.42 Å². The lowest BCUT2D eigenvalue weighted by atomic mass is 10.2. The molecule has 0 aliphatic heterocycles. The van der Waals surface area contributed by atoms with Crippen LogP contribution in [0.4, 0.5) is 0 Å². The van der Waals surface area contributed by atoms with Crippen LogP contribution in [0.1, 0.15) is 39.0 Å². The number of aliphatic hydroxyl groups is 1. The molecular weight excluding hydrogens is 214 g/mol. The number of aliphatic hydroxyl groups excluding tert-OH is 1. The molecular formula is C10H23NO3S. The normalized spacial score (nSPS) is 12.3. The molecule has 5 heteroatoms. The molecule has 0 saturated carbocycles. The minimum absolute atomic E-state index is 0.0646. The fraction of sp³-hybridized carbons (Fsp3) is 1.00. The van der Waals surface area contributed by atoms with Crippen molar-refractivity contribution < 1.29 is 13.5 Å². The summed E-state index contributed by atoms with van der Waals surface area (Å²) in [6, 6.07) is 0. The van der Waals surface area contributed by atoms with Crippen molar-refractivity contribution in [3.63, 3.8) is 0 Å². The second kappa shape index (κ2) is 8.07. The highest BCUT2D eigenvalue weighted by Crippen LogP contribution is 2.05. The zero-order valence-electron chi connectivity index (χ0n) is 9.78. The van der Waals surface area contributed by atoms with Crippen LogP contribution in [0, 0.1) is 0 Å². The van der Waals surface area contributed by atoms with E-state index in [0.717, 1.165) is 19.3 Å². The minimum atomic E-state index is -3.09. The fourth-order valence-electron chi connectivity index (χ4n) is 1.28. The lowest BCUT2D eigenvalue weighted by molar-refractivity contribution is 0.287. The molecule has 92 valence electrons. The van der Waals surface area contributed by atoms with Crippen LogP contribution in [0.25, 0.3) is 0 Å². The summed E-state index contributed by atoms with van der Waals surface area (Å²) in [7, 11) is -1.46. The van der Waals surface area contributed by atoms with Crippen molar-refractivity contribution in [2.75, 3.05) is 26.0 Å². The highest BCUT2D eigenvalue weighted by atomic mass is 32.2. The van der Waals surface area contributed by atoms with Crippen molar-refractivity contribution in [1.29, 1.82) is 0 Å². The first-order chi connectivity index (χ1) is 7.04. The summed E-state index contributed by atoms with van der Waals surface area (Å²) < 4.78 is 24.7. The van der Waals surface area contributed by atoms with Gasteiger partial charge in [-0.15, -0.1) is 0 Å². The predicted octanol–water partition coefficient (Wildman–Crippen LogP) is 1.21. The van der Waals surface area contributed by atoms with E-state index in [4.69, 9.17) is 5.11 Å². The van der Waals surface area contributed by atoms with Crippen LogP contribution in [0.15, 0.2) is 0 Å². The first-order valence-electron chi connectivity index (χ1n) is 5.59. The monoisotopic (exact) mass is 237 g/mol. The topological polar surface area (TPSA) is 57.6 Å². The summed E-state index contributed by atoms with van der Waals surface area (Å²) in [6.45, 7) is 2.76. The lowest BCUT2D eigenvalue weighted by Crippen LogP contribution is -2.30. The van der Waals surface area contributed by atoms with Crippen molar-refractivity contribution in [3.05, 3.63) is 0 Å². The van der Waals surface area contributed by atoms with Crippen molar-refractivity contribution in [2.45, 2.75) is 39.0 Å². The second-order valence-electron chi connectivity index (χ2n) is 3.78. The molecule has 0 fully saturated rings. The Morgan fingerprint density at radius 2 is 1.80 bits per heavy atom. The van der Waals surface area contributed by atoms with Crippen LogP contribution in [0.5, 0.6) is 0 Å². The molecule has 0 aliphatic carbocycles. The number of hydrogen-bond donors (Lipinski definition) is 1. The first-order valence-corrected chi connectivity index (χ1v) is 7.20. The van der Waals surface area contributed by atoms with Gasteiger partial charge in [-0.2, -0.15) is 0 Å². The summed E-state index contributed by atoms with van der Waals surface area (Å²) in [5.41, 5.74) is 0. The van der Waals surface area contributed by atoms with Gasteiger partial charge in [-0.3, -0.25) is 0 Å². The molecule has 15 heavy (non-hydrogen) atoms. The van der Waals surface area contributed by atoms with Crippen molar-refractivity contribution in [1.82, 2.24) is 4.31 Å². The highest BCUT2D eigenvalue weighted by molar-refractivity contribution is 7.89.